The molecule has 3 nitrogen and oxygen atoms in total. The summed E-state index contributed by atoms with van der Waals surface area (Å²) in [5.74, 6) is 1.50. The summed E-state index contributed by atoms with van der Waals surface area (Å²) in [6.07, 6.45) is 0.959. The van der Waals surface area contributed by atoms with Gasteiger partial charge in [-0.2, -0.15) is 0 Å². The lowest BCUT2D eigenvalue weighted by Crippen LogP contribution is -2.03. The first-order chi connectivity index (χ1) is 10.6. The van der Waals surface area contributed by atoms with Gasteiger partial charge >= 0.3 is 0 Å². The Bertz CT molecular complexity index is 617. The predicted octanol–water partition coefficient (Wildman–Crippen LogP) is 5.51. The van der Waals surface area contributed by atoms with Crippen molar-refractivity contribution >= 4 is 33.2 Å². The van der Waals surface area contributed by atoms with Crippen LogP contribution in [-0.4, -0.2) is 13.7 Å². The van der Waals surface area contributed by atoms with E-state index in [4.69, 9.17) is 21.1 Å². The lowest BCUT2D eigenvalue weighted by Gasteiger charge is -2.14. The molecule has 0 saturated heterocycles. The molecule has 0 atom stereocenters. The molecule has 0 amide bonds. The molecule has 5 heteroatoms. The van der Waals surface area contributed by atoms with Crippen molar-refractivity contribution in [1.82, 2.24) is 0 Å². The number of hydrogen-bond donors (Lipinski definition) is 1. The van der Waals surface area contributed by atoms with Crippen LogP contribution in [0.4, 0.5) is 5.69 Å². The Labute approximate surface area is 144 Å². The number of rotatable bonds is 7. The van der Waals surface area contributed by atoms with E-state index in [1.807, 2.05) is 36.4 Å². The highest BCUT2D eigenvalue weighted by atomic mass is 79.9. The van der Waals surface area contributed by atoms with Gasteiger partial charge in [-0.1, -0.05) is 34.5 Å². The molecule has 0 saturated carbocycles. The van der Waals surface area contributed by atoms with Crippen LogP contribution in [0.1, 0.15) is 18.9 Å². The highest BCUT2D eigenvalue weighted by Crippen LogP contribution is 2.34. The van der Waals surface area contributed by atoms with Crippen molar-refractivity contribution in [3.8, 4) is 11.5 Å². The van der Waals surface area contributed by atoms with Gasteiger partial charge in [0, 0.05) is 21.7 Å². The summed E-state index contributed by atoms with van der Waals surface area (Å²) in [6.45, 7) is 3.42. The molecule has 0 aliphatic heterocycles. The summed E-state index contributed by atoms with van der Waals surface area (Å²) in [7, 11) is 1.65. The van der Waals surface area contributed by atoms with Gasteiger partial charge in [0.2, 0.25) is 0 Å². The number of anilines is 1. The molecule has 0 aliphatic rings. The smallest absolute Gasteiger partial charge is 0.162 e. The number of halogens is 2. The van der Waals surface area contributed by atoms with E-state index in [0.29, 0.717) is 13.2 Å². The van der Waals surface area contributed by atoms with E-state index >= 15 is 0 Å². The largest absolute Gasteiger partial charge is 0.493 e. The third-order valence-electron chi connectivity index (χ3n) is 3.12. The van der Waals surface area contributed by atoms with Crippen LogP contribution in [0.2, 0.25) is 5.02 Å². The topological polar surface area (TPSA) is 30.5 Å². The van der Waals surface area contributed by atoms with Crippen LogP contribution in [0.15, 0.2) is 40.9 Å². The van der Waals surface area contributed by atoms with Gasteiger partial charge in [0.15, 0.2) is 11.5 Å². The monoisotopic (exact) mass is 383 g/mol. The summed E-state index contributed by atoms with van der Waals surface area (Å²) < 4.78 is 12.1. The van der Waals surface area contributed by atoms with Crippen molar-refractivity contribution in [2.45, 2.75) is 19.9 Å². The fourth-order valence-corrected chi connectivity index (χ4v) is 2.55. The molecule has 0 radical (unpaired) electrons. The van der Waals surface area contributed by atoms with E-state index in [2.05, 4.69) is 28.2 Å². The molecule has 0 spiro atoms. The summed E-state index contributed by atoms with van der Waals surface area (Å²) in [4.78, 5) is 0. The maximum absolute atomic E-state index is 5.89. The van der Waals surface area contributed by atoms with Crippen molar-refractivity contribution in [3.05, 3.63) is 51.5 Å². The van der Waals surface area contributed by atoms with Crippen molar-refractivity contribution in [3.63, 3.8) is 0 Å². The van der Waals surface area contributed by atoms with E-state index in [-0.39, 0.29) is 0 Å². The molecule has 2 aromatic rings. The van der Waals surface area contributed by atoms with Crippen molar-refractivity contribution in [1.29, 1.82) is 0 Å². The van der Waals surface area contributed by atoms with Crippen LogP contribution in [0.3, 0.4) is 0 Å². The Balaban J connectivity index is 2.11. The maximum atomic E-state index is 5.89. The third-order valence-corrected chi connectivity index (χ3v) is 4.11. The fraction of sp³-hybridized carbons (Fsp3) is 0.294. The molecular weight excluding hydrogens is 366 g/mol. The van der Waals surface area contributed by atoms with Crippen molar-refractivity contribution in [2.24, 2.45) is 0 Å². The number of methoxy groups -OCH3 is 1. The number of benzene rings is 2. The zero-order chi connectivity index (χ0) is 15.9. The van der Waals surface area contributed by atoms with E-state index in [1.54, 1.807) is 7.11 Å². The molecule has 0 bridgehead atoms. The molecule has 0 heterocycles. The Morgan fingerprint density at radius 1 is 1.14 bits per heavy atom. The average Bonchev–Trinajstić information content (AvgIpc) is 2.53. The van der Waals surface area contributed by atoms with Gasteiger partial charge in [0.05, 0.1) is 13.7 Å². The third kappa shape index (κ3) is 4.55. The second-order valence-electron chi connectivity index (χ2n) is 4.80. The van der Waals surface area contributed by atoms with E-state index < -0.39 is 0 Å². The molecule has 1 N–H and O–H groups in total. The van der Waals surface area contributed by atoms with E-state index in [1.165, 1.54) is 0 Å². The first-order valence-corrected chi connectivity index (χ1v) is 8.29. The molecule has 0 aliphatic carbocycles. The normalized spacial score (nSPS) is 10.4. The zero-order valence-corrected chi connectivity index (χ0v) is 15.0. The molecule has 22 heavy (non-hydrogen) atoms. The number of nitrogens with one attached hydrogen (secondary N) is 1. The second-order valence-corrected chi connectivity index (χ2v) is 6.09. The summed E-state index contributed by atoms with van der Waals surface area (Å²) in [5.41, 5.74) is 2.11. The average molecular weight is 385 g/mol. The Hall–Kier alpha value is -1.39. The van der Waals surface area contributed by atoms with Crippen molar-refractivity contribution < 1.29 is 9.47 Å². The van der Waals surface area contributed by atoms with Gasteiger partial charge in [-0.3, -0.25) is 0 Å². The molecule has 118 valence electrons. The van der Waals surface area contributed by atoms with E-state index in [0.717, 1.165) is 38.7 Å². The first kappa shape index (κ1) is 17.0. The van der Waals surface area contributed by atoms with Crippen LogP contribution in [-0.2, 0) is 6.54 Å². The molecule has 2 aromatic carbocycles. The van der Waals surface area contributed by atoms with Crippen LogP contribution in [0, 0.1) is 0 Å². The van der Waals surface area contributed by atoms with E-state index in [9.17, 15) is 0 Å². The standard InChI is InChI=1S/C17H19BrClNO2/c1-3-8-22-17-10-15(18)12(9-16(17)21-2)11-20-14-6-4-13(19)5-7-14/h4-7,9-10,20H,3,8,11H2,1-2H3. The highest BCUT2D eigenvalue weighted by Gasteiger charge is 2.10. The predicted molar refractivity (Wildman–Crippen MR) is 95.3 cm³/mol. The van der Waals surface area contributed by atoms with Crippen molar-refractivity contribution in [2.75, 3.05) is 19.0 Å². The Kier molecular flexibility index (Phi) is 6.40. The zero-order valence-electron chi connectivity index (χ0n) is 12.7. The summed E-state index contributed by atoms with van der Waals surface area (Å²) >= 11 is 9.48. The summed E-state index contributed by atoms with van der Waals surface area (Å²) in [6, 6.07) is 11.6. The highest BCUT2D eigenvalue weighted by molar-refractivity contribution is 9.10. The van der Waals surface area contributed by atoms with Gasteiger partial charge in [0.1, 0.15) is 0 Å². The quantitative estimate of drug-likeness (QED) is 0.682. The lowest BCUT2D eigenvalue weighted by molar-refractivity contribution is 0.294. The van der Waals surface area contributed by atoms with Crippen LogP contribution in [0.5, 0.6) is 11.5 Å². The fourth-order valence-electron chi connectivity index (χ4n) is 1.96. The molecule has 0 aromatic heterocycles. The van der Waals surface area contributed by atoms with Gasteiger partial charge in [-0.15, -0.1) is 0 Å². The minimum absolute atomic E-state index is 0.672. The van der Waals surface area contributed by atoms with Crippen LogP contribution >= 0.6 is 27.5 Å². The molecule has 0 unspecified atom stereocenters. The first-order valence-electron chi connectivity index (χ1n) is 7.12. The SMILES string of the molecule is CCCOc1cc(Br)c(CNc2ccc(Cl)cc2)cc1OC. The van der Waals surface area contributed by atoms with Crippen LogP contribution < -0.4 is 14.8 Å². The lowest BCUT2D eigenvalue weighted by atomic mass is 10.2. The molecule has 0 fully saturated rings. The van der Waals surface area contributed by atoms with Gasteiger partial charge in [-0.05, 0) is 48.4 Å². The Morgan fingerprint density at radius 2 is 1.86 bits per heavy atom. The number of ether oxygens (including phenoxy) is 2. The van der Waals surface area contributed by atoms with Crippen LogP contribution in [0.25, 0.3) is 0 Å². The van der Waals surface area contributed by atoms with Gasteiger partial charge < -0.3 is 14.8 Å². The number of hydrogen-bond acceptors (Lipinski definition) is 3. The summed E-state index contributed by atoms with van der Waals surface area (Å²) in [5, 5.41) is 4.09. The minimum atomic E-state index is 0.672. The molecular formula is C17H19BrClNO2. The van der Waals surface area contributed by atoms with Gasteiger partial charge in [0.25, 0.3) is 0 Å². The minimum Gasteiger partial charge on any atom is -0.493 e. The maximum Gasteiger partial charge on any atom is 0.162 e. The Morgan fingerprint density at radius 3 is 2.50 bits per heavy atom. The van der Waals surface area contributed by atoms with Gasteiger partial charge in [-0.25, -0.2) is 0 Å². The second kappa shape index (κ2) is 8.30. The molecule has 2 rings (SSSR count).